The molecule has 4 aliphatic heterocycles. The molecule has 0 N–H and O–H groups in total. The van der Waals surface area contributed by atoms with E-state index in [0.717, 1.165) is 12.8 Å². The Morgan fingerprint density at radius 3 is 1.34 bits per heavy atom. The van der Waals surface area contributed by atoms with Crippen molar-refractivity contribution in [3.05, 3.63) is 180 Å². The van der Waals surface area contributed by atoms with Crippen LogP contribution in [0, 0.1) is 0 Å². The molecule has 9 aromatic carbocycles. The molecule has 388 valence electrons. The monoisotopic (exact) mass is 1090 g/mol. The van der Waals surface area contributed by atoms with Crippen molar-refractivity contribution in [1.82, 2.24) is 9.13 Å². The zero-order valence-electron chi connectivity index (χ0n) is 46.4. The lowest BCUT2D eigenvalue weighted by Crippen LogP contribution is -2.62. The molecule has 4 aliphatic rings. The highest BCUT2D eigenvalue weighted by atomic mass is 32.2. The number of hydrogen-bond acceptors (Lipinski definition) is 4. The fraction of sp³-hybridized carbons (Fsp3) is 0.239. The number of rotatable bonds is 11. The first-order valence-electron chi connectivity index (χ1n) is 29.1. The highest BCUT2D eigenvalue weighted by Crippen LogP contribution is 2.47. The first kappa shape index (κ1) is 50.1. The van der Waals surface area contributed by atoms with Gasteiger partial charge in [0.2, 0.25) is 13.4 Å². The van der Waals surface area contributed by atoms with Crippen molar-refractivity contribution in [2.45, 2.75) is 150 Å². The van der Waals surface area contributed by atoms with Gasteiger partial charge in [-0.25, -0.2) is 0 Å². The van der Waals surface area contributed by atoms with Crippen LogP contribution in [0.15, 0.2) is 197 Å². The molecule has 15 rings (SSSR count). The SMILES string of the molecule is CCCCc1ccc2c(c1)c1cc(C(C)CCC)ccc1n2-c1cc2c3c(c1)Sc1cc4c(cc1B3c1ccccc1S2)B1c2ccccc2Sc2cc(-n3c5ccc(CCCC)cc5c5cc(C(C)(C)C)ccc53)cc(c21)S4. The first-order chi connectivity index (χ1) is 38.5. The summed E-state index contributed by atoms with van der Waals surface area (Å²) in [5, 5.41) is 5.45. The molecule has 1 unspecified atom stereocenters. The Kier molecular flexibility index (Phi) is 12.3. The second kappa shape index (κ2) is 19.4. The summed E-state index contributed by atoms with van der Waals surface area (Å²) in [6, 6.07) is 63.2. The highest BCUT2D eigenvalue weighted by molar-refractivity contribution is 8.02. The standard InChI is InChI=1S/C71H64B2N2S4/c1-8-11-18-43-24-28-57-49(32-43)51-34-45(42(4)17-10-3)26-30-59(51)74(57)47-36-65-69-67(38-47)78-63-41-64-56(40-55(63)72(69)53-20-13-15-22-61(53)76-65)73-54-21-14-16-23-62(54)77-66-37-48(39-68(79-64)70(66)73)75-58-29-25-44(19-12-9-2)33-50(58)52-35-46(71(5,6)7)27-31-60(52)75/h13-16,20-42H,8-12,17-19H2,1-7H3. The third kappa shape index (κ3) is 8.11. The van der Waals surface area contributed by atoms with E-state index in [1.807, 2.05) is 47.0 Å². The average molecular weight is 1100 g/mol. The fourth-order valence-electron chi connectivity index (χ4n) is 13.8. The molecule has 0 amide bonds. The number of benzene rings is 9. The maximum Gasteiger partial charge on any atom is 0.247 e. The Labute approximate surface area is 484 Å². The maximum absolute atomic E-state index is 2.66. The number of hydrogen-bond donors (Lipinski definition) is 0. The minimum Gasteiger partial charge on any atom is -0.309 e. The Morgan fingerprint density at radius 2 is 0.861 bits per heavy atom. The number of unbranched alkanes of at least 4 members (excludes halogenated alkanes) is 2. The lowest BCUT2D eigenvalue weighted by molar-refractivity contribution is 0.591. The van der Waals surface area contributed by atoms with Gasteiger partial charge in [-0.3, -0.25) is 0 Å². The summed E-state index contributed by atoms with van der Waals surface area (Å²) < 4.78 is 5.16. The van der Waals surface area contributed by atoms with Crippen molar-refractivity contribution in [1.29, 1.82) is 0 Å². The van der Waals surface area contributed by atoms with E-state index in [1.165, 1.54) is 188 Å². The highest BCUT2D eigenvalue weighted by Gasteiger charge is 2.43. The van der Waals surface area contributed by atoms with Crippen LogP contribution in [0.5, 0.6) is 0 Å². The summed E-state index contributed by atoms with van der Waals surface area (Å²) in [6.07, 6.45) is 9.42. The van der Waals surface area contributed by atoms with E-state index >= 15 is 0 Å². The van der Waals surface area contributed by atoms with Crippen LogP contribution in [0.2, 0.25) is 0 Å². The molecule has 0 saturated carbocycles. The molecule has 2 nitrogen and oxygen atoms in total. The normalized spacial score (nSPS) is 14.4. The zero-order valence-corrected chi connectivity index (χ0v) is 49.7. The number of aryl methyl sites for hydroxylation is 2. The van der Waals surface area contributed by atoms with E-state index in [2.05, 4.69) is 215 Å². The summed E-state index contributed by atoms with van der Waals surface area (Å²) in [6.45, 7) is 16.6. The largest absolute Gasteiger partial charge is 0.309 e. The molecule has 0 bridgehead atoms. The van der Waals surface area contributed by atoms with Crippen LogP contribution < -0.4 is 32.8 Å². The second-order valence-corrected chi connectivity index (χ2v) is 28.4. The smallest absolute Gasteiger partial charge is 0.247 e. The molecule has 79 heavy (non-hydrogen) atoms. The fourth-order valence-corrected chi connectivity index (χ4v) is 18.8. The van der Waals surface area contributed by atoms with E-state index in [1.54, 1.807) is 0 Å². The van der Waals surface area contributed by atoms with Gasteiger partial charge in [0.05, 0.1) is 22.1 Å². The third-order valence-corrected chi connectivity index (χ3v) is 22.4. The molecule has 0 saturated heterocycles. The van der Waals surface area contributed by atoms with E-state index in [9.17, 15) is 0 Å². The quantitative estimate of drug-likeness (QED) is 0.119. The topological polar surface area (TPSA) is 9.86 Å². The minimum atomic E-state index is 0.0485. The number of aromatic nitrogens is 2. The van der Waals surface area contributed by atoms with Crippen LogP contribution in [0.25, 0.3) is 55.0 Å². The van der Waals surface area contributed by atoms with Crippen LogP contribution in [-0.2, 0) is 18.3 Å². The van der Waals surface area contributed by atoms with Crippen molar-refractivity contribution in [3.63, 3.8) is 0 Å². The van der Waals surface area contributed by atoms with E-state index in [-0.39, 0.29) is 18.8 Å². The number of nitrogens with zero attached hydrogens (tertiary/aromatic N) is 2. The molecular weight excluding hydrogens is 1030 g/mol. The zero-order chi connectivity index (χ0) is 53.4. The molecule has 0 spiro atoms. The summed E-state index contributed by atoms with van der Waals surface area (Å²) in [4.78, 5) is 11.0. The maximum atomic E-state index is 2.66. The van der Waals surface area contributed by atoms with E-state index in [4.69, 9.17) is 0 Å². The third-order valence-electron chi connectivity index (χ3n) is 17.9. The molecule has 8 heteroatoms. The lowest BCUT2D eigenvalue weighted by atomic mass is 9.33. The van der Waals surface area contributed by atoms with Gasteiger partial charge in [0.25, 0.3) is 0 Å². The van der Waals surface area contributed by atoms with Gasteiger partial charge < -0.3 is 9.13 Å². The van der Waals surface area contributed by atoms with Crippen molar-refractivity contribution >= 4 is 137 Å². The summed E-state index contributed by atoms with van der Waals surface area (Å²) in [5.41, 5.74) is 22.0. The molecule has 0 radical (unpaired) electrons. The Hall–Kier alpha value is -5.89. The molecule has 0 fully saturated rings. The summed E-state index contributed by atoms with van der Waals surface area (Å²) in [5.74, 6) is 0.522. The Balaban J connectivity index is 0.900. The van der Waals surface area contributed by atoms with Crippen molar-refractivity contribution in [2.75, 3.05) is 0 Å². The van der Waals surface area contributed by atoms with Crippen LogP contribution in [0.1, 0.15) is 115 Å². The van der Waals surface area contributed by atoms with Gasteiger partial charge in [0, 0.05) is 72.1 Å². The minimum absolute atomic E-state index is 0.0485. The van der Waals surface area contributed by atoms with Gasteiger partial charge in [0.1, 0.15) is 0 Å². The summed E-state index contributed by atoms with van der Waals surface area (Å²) >= 11 is 7.93. The second-order valence-electron chi connectivity index (χ2n) is 24.0. The van der Waals surface area contributed by atoms with Crippen molar-refractivity contribution in [3.8, 4) is 11.4 Å². The molecule has 2 aromatic heterocycles. The average Bonchev–Trinajstić information content (AvgIpc) is 3.68. The molecule has 6 heterocycles. The van der Waals surface area contributed by atoms with Gasteiger partial charge in [-0.05, 0) is 168 Å². The van der Waals surface area contributed by atoms with Gasteiger partial charge >= 0.3 is 0 Å². The molecule has 0 aliphatic carbocycles. The van der Waals surface area contributed by atoms with Gasteiger partial charge in [0.15, 0.2) is 0 Å². The van der Waals surface area contributed by atoms with Crippen molar-refractivity contribution < 1.29 is 0 Å². The van der Waals surface area contributed by atoms with Gasteiger partial charge in [-0.1, -0.05) is 203 Å². The Bertz CT molecular complexity index is 4350. The van der Waals surface area contributed by atoms with Crippen molar-refractivity contribution in [2.24, 2.45) is 0 Å². The predicted octanol–water partition coefficient (Wildman–Crippen LogP) is 16.7. The summed E-state index contributed by atoms with van der Waals surface area (Å²) in [7, 11) is 0. The first-order valence-corrected chi connectivity index (χ1v) is 32.4. The van der Waals surface area contributed by atoms with Crippen LogP contribution in [0.4, 0.5) is 0 Å². The van der Waals surface area contributed by atoms with E-state index < -0.39 is 0 Å². The molecule has 1 atom stereocenters. The molecule has 11 aromatic rings. The predicted molar refractivity (Wildman–Crippen MR) is 346 cm³/mol. The van der Waals surface area contributed by atoms with Crippen LogP contribution >= 0.6 is 47.0 Å². The molecular formula is C71H64B2N2S4. The van der Waals surface area contributed by atoms with E-state index in [0.29, 0.717) is 5.92 Å². The number of fused-ring (bicyclic) bond motifs is 14. The van der Waals surface area contributed by atoms with Gasteiger partial charge in [-0.15, -0.1) is 0 Å². The Morgan fingerprint density at radius 1 is 0.418 bits per heavy atom. The van der Waals surface area contributed by atoms with Crippen LogP contribution in [0.3, 0.4) is 0 Å². The lowest BCUT2D eigenvalue weighted by Gasteiger charge is -2.37. The van der Waals surface area contributed by atoms with Gasteiger partial charge in [-0.2, -0.15) is 0 Å². The van der Waals surface area contributed by atoms with Crippen LogP contribution in [-0.4, -0.2) is 22.6 Å².